The van der Waals surface area contributed by atoms with Gasteiger partial charge in [-0.1, -0.05) is 0 Å². The summed E-state index contributed by atoms with van der Waals surface area (Å²) in [6, 6.07) is 4.06. The number of thiophene rings is 1. The van der Waals surface area contributed by atoms with Crippen molar-refractivity contribution in [2.45, 2.75) is 19.4 Å². The van der Waals surface area contributed by atoms with Gasteiger partial charge in [-0.15, -0.1) is 11.3 Å². The van der Waals surface area contributed by atoms with E-state index in [0.29, 0.717) is 13.0 Å². The Kier molecular flexibility index (Phi) is 6.01. The van der Waals surface area contributed by atoms with Gasteiger partial charge in [-0.3, -0.25) is 4.79 Å². The maximum atomic E-state index is 11.7. The van der Waals surface area contributed by atoms with Crippen LogP contribution < -0.4 is 5.32 Å². The van der Waals surface area contributed by atoms with Gasteiger partial charge in [-0.05, 0) is 48.1 Å². The Morgan fingerprint density at radius 1 is 1.56 bits per heavy atom. The van der Waals surface area contributed by atoms with Crippen molar-refractivity contribution in [3.05, 3.63) is 20.8 Å². The largest absolute Gasteiger partial charge is 0.341 e. The summed E-state index contributed by atoms with van der Waals surface area (Å²) in [5.74, 6) is 0.208. The van der Waals surface area contributed by atoms with Crippen molar-refractivity contribution in [1.82, 2.24) is 10.2 Å². The third-order valence-electron chi connectivity index (χ3n) is 2.27. The van der Waals surface area contributed by atoms with Crippen LogP contribution in [-0.4, -0.2) is 31.4 Å². The quantitative estimate of drug-likeness (QED) is 0.819. The molecule has 5 heteroatoms. The molecule has 1 heterocycles. The van der Waals surface area contributed by atoms with Gasteiger partial charge in [0, 0.05) is 18.3 Å². The predicted octanol–water partition coefficient (Wildman–Crippen LogP) is 2.47. The fourth-order valence-corrected chi connectivity index (χ4v) is 2.90. The Hall–Kier alpha value is -0.390. The second-order valence-corrected chi connectivity index (χ2v) is 6.21. The zero-order valence-corrected chi connectivity index (χ0v) is 12.0. The third kappa shape index (κ3) is 4.63. The van der Waals surface area contributed by atoms with Gasteiger partial charge in [0.15, 0.2) is 0 Å². The molecule has 16 heavy (non-hydrogen) atoms. The normalized spacial score (nSPS) is 10.4. The summed E-state index contributed by atoms with van der Waals surface area (Å²) in [4.78, 5) is 14.7. The number of halogens is 1. The molecule has 0 aliphatic heterocycles. The molecule has 0 unspecified atom stereocenters. The van der Waals surface area contributed by atoms with E-state index in [-0.39, 0.29) is 5.91 Å². The lowest BCUT2D eigenvalue weighted by atomic mass is 10.2. The first-order valence-corrected chi connectivity index (χ1v) is 6.87. The number of carbonyl (C=O) groups is 1. The molecule has 0 aliphatic carbocycles. The van der Waals surface area contributed by atoms with Crippen LogP contribution in [0.4, 0.5) is 0 Å². The summed E-state index contributed by atoms with van der Waals surface area (Å²) in [5.41, 5.74) is 0. The number of hydrogen-bond donors (Lipinski definition) is 1. The highest BCUT2D eigenvalue weighted by Gasteiger charge is 2.09. The van der Waals surface area contributed by atoms with Crippen LogP contribution in [0.25, 0.3) is 0 Å². The molecule has 1 rings (SSSR count). The van der Waals surface area contributed by atoms with Crippen LogP contribution in [-0.2, 0) is 11.3 Å². The Labute approximate surface area is 109 Å². The molecule has 0 aliphatic rings. The number of hydrogen-bond acceptors (Lipinski definition) is 3. The molecule has 0 atom stereocenters. The minimum Gasteiger partial charge on any atom is -0.341 e. The third-order valence-corrected chi connectivity index (χ3v) is 3.87. The zero-order chi connectivity index (χ0) is 12.0. The summed E-state index contributed by atoms with van der Waals surface area (Å²) in [6.07, 6.45) is 1.51. The van der Waals surface area contributed by atoms with Gasteiger partial charge < -0.3 is 10.2 Å². The first-order chi connectivity index (χ1) is 7.63. The van der Waals surface area contributed by atoms with Gasteiger partial charge in [0.2, 0.25) is 5.91 Å². The highest BCUT2D eigenvalue weighted by Crippen LogP contribution is 2.23. The number of amides is 1. The lowest BCUT2D eigenvalue weighted by molar-refractivity contribution is -0.130. The van der Waals surface area contributed by atoms with E-state index in [4.69, 9.17) is 0 Å². The van der Waals surface area contributed by atoms with Crippen LogP contribution in [0.2, 0.25) is 0 Å². The van der Waals surface area contributed by atoms with Crippen molar-refractivity contribution in [2.24, 2.45) is 0 Å². The average molecular weight is 305 g/mol. The van der Waals surface area contributed by atoms with Crippen molar-refractivity contribution in [1.29, 1.82) is 0 Å². The first kappa shape index (κ1) is 13.7. The Morgan fingerprint density at radius 3 is 2.88 bits per heavy atom. The number of nitrogens with one attached hydrogen (secondary N) is 1. The van der Waals surface area contributed by atoms with Crippen LogP contribution in [0.5, 0.6) is 0 Å². The lowest BCUT2D eigenvalue weighted by Gasteiger charge is -2.15. The average Bonchev–Trinajstić information content (AvgIpc) is 2.64. The summed E-state index contributed by atoms with van der Waals surface area (Å²) in [7, 11) is 3.76. The molecule has 0 saturated heterocycles. The highest BCUT2D eigenvalue weighted by molar-refractivity contribution is 9.11. The molecular formula is C11H17BrN2OS. The second-order valence-electron chi connectivity index (χ2n) is 3.66. The summed E-state index contributed by atoms with van der Waals surface area (Å²) in [6.45, 7) is 1.60. The Morgan fingerprint density at radius 2 is 2.31 bits per heavy atom. The topological polar surface area (TPSA) is 32.3 Å². The van der Waals surface area contributed by atoms with Crippen LogP contribution in [0.3, 0.4) is 0 Å². The molecule has 0 bridgehead atoms. The molecule has 1 N–H and O–H groups in total. The van der Waals surface area contributed by atoms with Gasteiger partial charge in [-0.2, -0.15) is 0 Å². The van der Waals surface area contributed by atoms with Crippen LogP contribution in [0, 0.1) is 0 Å². The van der Waals surface area contributed by atoms with Crippen molar-refractivity contribution in [3.8, 4) is 0 Å². The van der Waals surface area contributed by atoms with Gasteiger partial charge in [0.25, 0.3) is 0 Å². The molecule has 1 aromatic rings. The van der Waals surface area contributed by atoms with Gasteiger partial charge in [0.05, 0.1) is 10.3 Å². The van der Waals surface area contributed by atoms with Crippen molar-refractivity contribution in [2.75, 3.05) is 20.6 Å². The minimum atomic E-state index is 0.208. The minimum absolute atomic E-state index is 0.208. The van der Waals surface area contributed by atoms with Crippen LogP contribution in [0.15, 0.2) is 15.9 Å². The standard InChI is InChI=1S/C11H17BrN2OS/c1-13-7-3-4-11(15)14(2)8-9-5-6-10(12)16-9/h5-6,13H,3-4,7-8H2,1-2H3. The fraction of sp³-hybridized carbons (Fsp3) is 0.545. The van der Waals surface area contributed by atoms with Crippen molar-refractivity contribution >= 4 is 33.2 Å². The summed E-state index contributed by atoms with van der Waals surface area (Å²) >= 11 is 5.09. The van der Waals surface area contributed by atoms with E-state index in [1.54, 1.807) is 16.2 Å². The number of rotatable bonds is 6. The van der Waals surface area contributed by atoms with Crippen LogP contribution in [0.1, 0.15) is 17.7 Å². The second kappa shape index (κ2) is 7.04. The fourth-order valence-electron chi connectivity index (χ4n) is 1.37. The maximum absolute atomic E-state index is 11.7. The summed E-state index contributed by atoms with van der Waals surface area (Å²) in [5, 5.41) is 3.04. The first-order valence-electron chi connectivity index (χ1n) is 5.26. The SMILES string of the molecule is CNCCCC(=O)N(C)Cc1ccc(Br)s1. The van der Waals surface area contributed by atoms with E-state index in [1.807, 2.05) is 26.2 Å². The highest BCUT2D eigenvalue weighted by atomic mass is 79.9. The molecule has 0 radical (unpaired) electrons. The monoisotopic (exact) mass is 304 g/mol. The molecule has 0 spiro atoms. The summed E-state index contributed by atoms with van der Waals surface area (Å²) < 4.78 is 1.11. The number of nitrogens with zero attached hydrogens (tertiary/aromatic N) is 1. The molecule has 0 fully saturated rings. The molecule has 0 aromatic carbocycles. The van der Waals surface area contributed by atoms with E-state index in [9.17, 15) is 4.79 Å². The van der Waals surface area contributed by atoms with Crippen molar-refractivity contribution < 1.29 is 4.79 Å². The van der Waals surface area contributed by atoms with Crippen LogP contribution >= 0.6 is 27.3 Å². The number of carbonyl (C=O) groups excluding carboxylic acids is 1. The van der Waals surface area contributed by atoms with Crippen molar-refractivity contribution in [3.63, 3.8) is 0 Å². The molecular weight excluding hydrogens is 288 g/mol. The van der Waals surface area contributed by atoms with Gasteiger partial charge >= 0.3 is 0 Å². The van der Waals surface area contributed by atoms with E-state index in [2.05, 4.69) is 21.2 Å². The lowest BCUT2D eigenvalue weighted by Crippen LogP contribution is -2.26. The molecule has 0 saturated carbocycles. The molecule has 3 nitrogen and oxygen atoms in total. The predicted molar refractivity (Wildman–Crippen MR) is 71.7 cm³/mol. The Bertz CT molecular complexity index is 340. The van der Waals surface area contributed by atoms with Gasteiger partial charge in [-0.25, -0.2) is 0 Å². The smallest absolute Gasteiger partial charge is 0.222 e. The van der Waals surface area contributed by atoms with E-state index in [0.717, 1.165) is 16.8 Å². The maximum Gasteiger partial charge on any atom is 0.222 e. The molecule has 90 valence electrons. The Balaban J connectivity index is 2.34. The van der Waals surface area contributed by atoms with Gasteiger partial charge in [0.1, 0.15) is 0 Å². The molecule has 1 aromatic heterocycles. The molecule has 1 amide bonds. The van der Waals surface area contributed by atoms with E-state index in [1.165, 1.54) is 4.88 Å². The van der Waals surface area contributed by atoms with E-state index >= 15 is 0 Å². The zero-order valence-electron chi connectivity index (χ0n) is 9.62. The van der Waals surface area contributed by atoms with E-state index < -0.39 is 0 Å².